The normalized spacial score (nSPS) is 13.5. The molecule has 7 heteroatoms. The van der Waals surface area contributed by atoms with E-state index < -0.39 is 15.6 Å². The van der Waals surface area contributed by atoms with Gasteiger partial charge in [0.05, 0.1) is 23.7 Å². The number of fused-ring (bicyclic) bond motifs is 3. The molecule has 0 saturated carbocycles. The summed E-state index contributed by atoms with van der Waals surface area (Å²) in [6.45, 7) is 4.48. The van der Waals surface area contributed by atoms with E-state index in [0.29, 0.717) is 34.6 Å². The number of anilines is 1. The number of aryl methyl sites for hydroxylation is 1. The molecule has 0 aliphatic carbocycles. The summed E-state index contributed by atoms with van der Waals surface area (Å²) < 4.78 is 40.0. The second-order valence-electron chi connectivity index (χ2n) is 8.02. The van der Waals surface area contributed by atoms with Gasteiger partial charge in [-0.05, 0) is 55.8 Å². The molecule has 172 valence electrons. The SMILES string of the molecule is CCOc1ccccc1C1=CCN(S(=O)(=O)c2ccc(C)cc2)c2ccc3oc(=O)ccc3c21. The van der Waals surface area contributed by atoms with Crippen molar-refractivity contribution >= 4 is 32.3 Å². The second-order valence-corrected chi connectivity index (χ2v) is 9.88. The molecule has 0 bridgehead atoms. The highest BCUT2D eigenvalue weighted by Crippen LogP contribution is 2.44. The molecule has 0 spiro atoms. The van der Waals surface area contributed by atoms with Gasteiger partial charge in [0.15, 0.2) is 0 Å². The molecule has 6 nitrogen and oxygen atoms in total. The Morgan fingerprint density at radius 3 is 2.50 bits per heavy atom. The zero-order valence-corrected chi connectivity index (χ0v) is 19.6. The van der Waals surface area contributed by atoms with Gasteiger partial charge in [-0.2, -0.15) is 0 Å². The molecule has 0 radical (unpaired) electrons. The summed E-state index contributed by atoms with van der Waals surface area (Å²) in [6, 6.07) is 20.8. The van der Waals surface area contributed by atoms with Crippen LogP contribution in [0.2, 0.25) is 0 Å². The van der Waals surface area contributed by atoms with Crippen LogP contribution >= 0.6 is 0 Å². The number of hydrogen-bond donors (Lipinski definition) is 0. The van der Waals surface area contributed by atoms with Crippen molar-refractivity contribution in [2.45, 2.75) is 18.7 Å². The van der Waals surface area contributed by atoms with Gasteiger partial charge in [0.25, 0.3) is 10.0 Å². The fraction of sp³-hybridized carbons (Fsp3) is 0.148. The summed E-state index contributed by atoms with van der Waals surface area (Å²) in [6.07, 6.45) is 1.89. The third-order valence-electron chi connectivity index (χ3n) is 5.87. The standard InChI is InChI=1S/C27H23NO5S/c1-3-32-24-7-5-4-6-20(24)21-16-17-28(34(30,31)19-10-8-18(2)9-11-19)23-13-14-25-22(27(21)23)12-15-26(29)33-25/h4-16H,3,17H2,1-2H3. The molecule has 0 N–H and O–H groups in total. The molecule has 0 fully saturated rings. The molecule has 4 aromatic rings. The minimum absolute atomic E-state index is 0.154. The van der Waals surface area contributed by atoms with Crippen LogP contribution in [0.15, 0.2) is 93.0 Å². The van der Waals surface area contributed by atoms with Gasteiger partial charge in [-0.15, -0.1) is 0 Å². The fourth-order valence-corrected chi connectivity index (χ4v) is 5.70. The van der Waals surface area contributed by atoms with E-state index in [1.54, 1.807) is 42.5 Å². The first kappa shape index (κ1) is 22.0. The minimum atomic E-state index is -3.83. The quantitative estimate of drug-likeness (QED) is 0.375. The van der Waals surface area contributed by atoms with Crippen molar-refractivity contribution in [2.24, 2.45) is 0 Å². The van der Waals surface area contributed by atoms with Crippen LogP contribution in [0.4, 0.5) is 5.69 Å². The van der Waals surface area contributed by atoms with Crippen molar-refractivity contribution < 1.29 is 17.6 Å². The Balaban J connectivity index is 1.76. The van der Waals surface area contributed by atoms with Crippen molar-refractivity contribution in [2.75, 3.05) is 17.5 Å². The lowest BCUT2D eigenvalue weighted by molar-refractivity contribution is 0.339. The number of nitrogens with zero attached hydrogens (tertiary/aromatic N) is 1. The van der Waals surface area contributed by atoms with Gasteiger partial charge in [0.1, 0.15) is 11.3 Å². The van der Waals surface area contributed by atoms with Crippen molar-refractivity contribution in [3.63, 3.8) is 0 Å². The first-order valence-corrected chi connectivity index (χ1v) is 12.4. The van der Waals surface area contributed by atoms with E-state index in [9.17, 15) is 13.2 Å². The molecule has 34 heavy (non-hydrogen) atoms. The lowest BCUT2D eigenvalue weighted by atomic mass is 9.90. The van der Waals surface area contributed by atoms with E-state index in [2.05, 4.69) is 0 Å². The first-order chi connectivity index (χ1) is 16.4. The Hall–Kier alpha value is -3.84. The monoisotopic (exact) mass is 473 g/mol. The van der Waals surface area contributed by atoms with E-state index in [4.69, 9.17) is 9.15 Å². The molecule has 3 aromatic carbocycles. The number of hydrogen-bond acceptors (Lipinski definition) is 5. The summed E-state index contributed by atoms with van der Waals surface area (Å²) >= 11 is 0. The Morgan fingerprint density at radius 2 is 1.74 bits per heavy atom. The smallest absolute Gasteiger partial charge is 0.336 e. The van der Waals surface area contributed by atoms with Crippen molar-refractivity contribution in [3.8, 4) is 5.75 Å². The number of para-hydroxylation sites is 1. The van der Waals surface area contributed by atoms with Crippen LogP contribution in [-0.4, -0.2) is 21.6 Å². The molecule has 1 aliphatic rings. The Kier molecular flexibility index (Phi) is 5.49. The van der Waals surface area contributed by atoms with Crippen LogP contribution in [0.1, 0.15) is 23.6 Å². The zero-order chi connectivity index (χ0) is 23.9. The second kappa shape index (κ2) is 8.50. The average Bonchev–Trinajstić information content (AvgIpc) is 2.84. The van der Waals surface area contributed by atoms with E-state index in [-0.39, 0.29) is 11.4 Å². The van der Waals surface area contributed by atoms with Gasteiger partial charge in [-0.1, -0.05) is 42.0 Å². The zero-order valence-electron chi connectivity index (χ0n) is 18.8. The summed E-state index contributed by atoms with van der Waals surface area (Å²) in [5.74, 6) is 0.700. The van der Waals surface area contributed by atoms with E-state index >= 15 is 0 Å². The molecule has 0 unspecified atom stereocenters. The van der Waals surface area contributed by atoms with Gasteiger partial charge in [0, 0.05) is 22.6 Å². The molecule has 5 rings (SSSR count). The number of ether oxygens (including phenoxy) is 1. The van der Waals surface area contributed by atoms with Gasteiger partial charge >= 0.3 is 5.63 Å². The van der Waals surface area contributed by atoms with Gasteiger partial charge in [-0.3, -0.25) is 4.31 Å². The highest BCUT2D eigenvalue weighted by atomic mass is 32.2. The van der Waals surface area contributed by atoms with Crippen LogP contribution in [0.5, 0.6) is 5.75 Å². The lowest BCUT2D eigenvalue weighted by Crippen LogP contribution is -2.34. The van der Waals surface area contributed by atoms with E-state index in [1.807, 2.05) is 44.2 Å². The molecule has 0 amide bonds. The van der Waals surface area contributed by atoms with Crippen LogP contribution < -0.4 is 14.7 Å². The molecular formula is C27H23NO5S. The maximum Gasteiger partial charge on any atom is 0.336 e. The van der Waals surface area contributed by atoms with Gasteiger partial charge in [-0.25, -0.2) is 13.2 Å². The number of benzene rings is 3. The molecule has 0 saturated heterocycles. The van der Waals surface area contributed by atoms with Gasteiger partial charge in [0.2, 0.25) is 0 Å². The maximum absolute atomic E-state index is 13.7. The van der Waals surface area contributed by atoms with Crippen LogP contribution in [-0.2, 0) is 10.0 Å². The topological polar surface area (TPSA) is 76.8 Å². The molecule has 1 aliphatic heterocycles. The average molecular weight is 474 g/mol. The van der Waals surface area contributed by atoms with E-state index in [0.717, 1.165) is 16.7 Å². The summed E-state index contributed by atoms with van der Waals surface area (Å²) in [5.41, 5.74) is 3.77. The van der Waals surface area contributed by atoms with Crippen molar-refractivity contribution in [1.29, 1.82) is 0 Å². The Bertz CT molecular complexity index is 1580. The molecular weight excluding hydrogens is 450 g/mol. The maximum atomic E-state index is 13.7. The predicted octanol–water partition coefficient (Wildman–Crippen LogP) is 5.14. The largest absolute Gasteiger partial charge is 0.493 e. The Labute approximate surface area is 197 Å². The van der Waals surface area contributed by atoms with Crippen LogP contribution in [0.25, 0.3) is 16.5 Å². The third kappa shape index (κ3) is 3.68. The Morgan fingerprint density at radius 1 is 0.971 bits per heavy atom. The van der Waals surface area contributed by atoms with Crippen LogP contribution in [0, 0.1) is 6.92 Å². The van der Waals surface area contributed by atoms with E-state index in [1.165, 1.54) is 10.4 Å². The van der Waals surface area contributed by atoms with Crippen molar-refractivity contribution in [1.82, 2.24) is 0 Å². The number of sulfonamides is 1. The highest BCUT2D eigenvalue weighted by molar-refractivity contribution is 7.92. The predicted molar refractivity (Wildman–Crippen MR) is 133 cm³/mol. The summed E-state index contributed by atoms with van der Waals surface area (Å²) in [5, 5.41) is 0.651. The van der Waals surface area contributed by atoms with Crippen molar-refractivity contribution in [3.05, 3.63) is 106 Å². The highest BCUT2D eigenvalue weighted by Gasteiger charge is 2.32. The molecule has 2 heterocycles. The number of rotatable bonds is 5. The first-order valence-electron chi connectivity index (χ1n) is 11.0. The van der Waals surface area contributed by atoms with Crippen LogP contribution in [0.3, 0.4) is 0 Å². The third-order valence-corrected chi connectivity index (χ3v) is 7.66. The minimum Gasteiger partial charge on any atom is -0.493 e. The lowest BCUT2D eigenvalue weighted by Gasteiger charge is -2.31. The molecule has 1 aromatic heterocycles. The molecule has 0 atom stereocenters. The van der Waals surface area contributed by atoms with Gasteiger partial charge < -0.3 is 9.15 Å². The summed E-state index contributed by atoms with van der Waals surface area (Å²) in [4.78, 5) is 12.1. The fourth-order valence-electron chi connectivity index (χ4n) is 4.28. The summed E-state index contributed by atoms with van der Waals surface area (Å²) in [7, 11) is -3.83.